The first-order valence-electron chi connectivity index (χ1n) is 5.13. The zero-order valence-corrected chi connectivity index (χ0v) is 10.5. The summed E-state index contributed by atoms with van der Waals surface area (Å²) in [5, 5.41) is 0.590. The Labute approximate surface area is 110 Å². The third-order valence-corrected chi connectivity index (χ3v) is 3.44. The summed E-state index contributed by atoms with van der Waals surface area (Å²) in [6.45, 7) is 0. The van der Waals surface area contributed by atoms with Crippen LogP contribution in [0, 0.1) is 0 Å². The van der Waals surface area contributed by atoms with E-state index in [-0.39, 0.29) is 10.8 Å². The number of nitrogens with zero attached hydrogens (tertiary/aromatic N) is 1. The summed E-state index contributed by atoms with van der Waals surface area (Å²) in [5.41, 5.74) is -0.377. The van der Waals surface area contributed by atoms with E-state index in [0.717, 1.165) is 23.5 Å². The minimum absolute atomic E-state index is 0.0833. The number of halogens is 3. The van der Waals surface area contributed by atoms with Gasteiger partial charge in [-0.25, -0.2) is 4.98 Å². The van der Waals surface area contributed by atoms with Crippen LogP contribution in [-0.2, 0) is 6.18 Å². The maximum Gasteiger partial charge on any atom is 0.416 e. The highest BCUT2D eigenvalue weighted by Crippen LogP contribution is 2.36. The highest BCUT2D eigenvalue weighted by atomic mass is 32.1. The van der Waals surface area contributed by atoms with E-state index < -0.39 is 11.7 Å². The van der Waals surface area contributed by atoms with Gasteiger partial charge in [-0.05, 0) is 12.1 Å². The van der Waals surface area contributed by atoms with E-state index in [4.69, 9.17) is 4.74 Å². The zero-order valence-electron chi connectivity index (χ0n) is 9.69. The van der Waals surface area contributed by atoms with Crippen LogP contribution in [0.25, 0.3) is 10.6 Å². The molecule has 0 aliphatic heterocycles. The van der Waals surface area contributed by atoms with Gasteiger partial charge in [0.2, 0.25) is 5.06 Å². The van der Waals surface area contributed by atoms with Crippen LogP contribution in [0.5, 0.6) is 5.06 Å². The largest absolute Gasteiger partial charge is 0.486 e. The first kappa shape index (κ1) is 13.5. The molecule has 0 spiro atoms. The molecule has 7 heteroatoms. The molecular formula is C12H8F3NO2S. The Morgan fingerprint density at radius 1 is 1.37 bits per heavy atom. The molecule has 1 aromatic heterocycles. The number of thiazole rings is 1. The summed E-state index contributed by atoms with van der Waals surface area (Å²) in [6, 6.07) is 4.77. The highest BCUT2D eigenvalue weighted by Gasteiger charge is 2.30. The lowest BCUT2D eigenvalue weighted by atomic mass is 10.1. The van der Waals surface area contributed by atoms with E-state index >= 15 is 0 Å². The smallest absolute Gasteiger partial charge is 0.416 e. The Bertz CT molecular complexity index is 607. The van der Waals surface area contributed by atoms with Gasteiger partial charge in [-0.15, -0.1) is 0 Å². The van der Waals surface area contributed by atoms with Crippen molar-refractivity contribution in [1.82, 2.24) is 4.98 Å². The van der Waals surface area contributed by atoms with Gasteiger partial charge in [-0.1, -0.05) is 23.5 Å². The summed E-state index contributed by atoms with van der Waals surface area (Å²) >= 11 is 1.02. The molecule has 2 rings (SSSR count). The lowest BCUT2D eigenvalue weighted by molar-refractivity contribution is -0.137. The van der Waals surface area contributed by atoms with Crippen LogP contribution in [-0.4, -0.2) is 18.4 Å². The lowest BCUT2D eigenvalue weighted by Crippen LogP contribution is -2.04. The molecule has 0 saturated carbocycles. The fourth-order valence-electron chi connectivity index (χ4n) is 1.49. The minimum atomic E-state index is -4.41. The van der Waals surface area contributed by atoms with E-state index in [2.05, 4.69) is 4.98 Å². The molecule has 0 radical (unpaired) electrons. The number of hydrogen-bond acceptors (Lipinski definition) is 4. The van der Waals surface area contributed by atoms with Gasteiger partial charge in [0.05, 0.1) is 12.7 Å². The van der Waals surface area contributed by atoms with Crippen LogP contribution >= 0.6 is 11.3 Å². The maximum atomic E-state index is 12.6. The van der Waals surface area contributed by atoms with E-state index in [1.807, 2.05) is 0 Å². The van der Waals surface area contributed by atoms with E-state index in [0.29, 0.717) is 16.9 Å². The van der Waals surface area contributed by atoms with E-state index in [1.54, 1.807) is 0 Å². The number of aromatic nitrogens is 1. The van der Waals surface area contributed by atoms with Crippen molar-refractivity contribution in [3.8, 4) is 15.6 Å². The molecule has 1 heterocycles. The SMILES string of the molecule is COc1sc(-c2cccc(C(F)(F)F)c2)nc1C=O. The molecular weight excluding hydrogens is 279 g/mol. The molecule has 0 saturated heterocycles. The van der Waals surface area contributed by atoms with Crippen LogP contribution < -0.4 is 4.74 Å². The predicted octanol–water partition coefficient (Wildman–Crippen LogP) is 3.65. The van der Waals surface area contributed by atoms with Crippen LogP contribution in [0.1, 0.15) is 16.1 Å². The van der Waals surface area contributed by atoms with Crippen molar-refractivity contribution in [1.29, 1.82) is 0 Å². The molecule has 0 bridgehead atoms. The quantitative estimate of drug-likeness (QED) is 0.809. The van der Waals surface area contributed by atoms with Crippen molar-refractivity contribution in [3.63, 3.8) is 0 Å². The fraction of sp³-hybridized carbons (Fsp3) is 0.167. The molecule has 100 valence electrons. The third-order valence-electron chi connectivity index (χ3n) is 2.35. The summed E-state index contributed by atoms with van der Waals surface area (Å²) in [6.07, 6.45) is -3.91. The number of carbonyl (C=O) groups excluding carboxylic acids is 1. The highest BCUT2D eigenvalue weighted by molar-refractivity contribution is 7.17. The summed E-state index contributed by atoms with van der Waals surface area (Å²) in [7, 11) is 1.37. The van der Waals surface area contributed by atoms with Crippen LogP contribution in [0.4, 0.5) is 13.2 Å². The van der Waals surface area contributed by atoms with Crippen LogP contribution in [0.3, 0.4) is 0 Å². The topological polar surface area (TPSA) is 39.2 Å². The number of ether oxygens (including phenoxy) is 1. The zero-order chi connectivity index (χ0) is 14.0. The van der Waals surface area contributed by atoms with Crippen molar-refractivity contribution >= 4 is 17.6 Å². The van der Waals surface area contributed by atoms with Crippen molar-refractivity contribution in [2.24, 2.45) is 0 Å². The molecule has 0 fully saturated rings. The first-order valence-corrected chi connectivity index (χ1v) is 5.95. The molecule has 2 aromatic rings. The predicted molar refractivity (Wildman–Crippen MR) is 64.5 cm³/mol. The maximum absolute atomic E-state index is 12.6. The molecule has 1 aromatic carbocycles. The van der Waals surface area contributed by atoms with Gasteiger partial charge in [0.25, 0.3) is 0 Å². The van der Waals surface area contributed by atoms with Gasteiger partial charge in [0.1, 0.15) is 5.01 Å². The van der Waals surface area contributed by atoms with Gasteiger partial charge < -0.3 is 4.74 Å². The standard InChI is InChI=1S/C12H8F3NO2S/c1-18-11-9(6-17)16-10(19-11)7-3-2-4-8(5-7)12(13,14)15/h2-6H,1H3. The normalized spacial score (nSPS) is 11.4. The van der Waals surface area contributed by atoms with Gasteiger partial charge in [0.15, 0.2) is 12.0 Å². The van der Waals surface area contributed by atoms with Gasteiger partial charge >= 0.3 is 6.18 Å². The Kier molecular flexibility index (Phi) is 3.57. The Morgan fingerprint density at radius 2 is 2.11 bits per heavy atom. The van der Waals surface area contributed by atoms with E-state index in [1.165, 1.54) is 19.2 Å². The monoisotopic (exact) mass is 287 g/mol. The van der Waals surface area contributed by atoms with Gasteiger partial charge in [-0.3, -0.25) is 4.79 Å². The molecule has 19 heavy (non-hydrogen) atoms. The van der Waals surface area contributed by atoms with Crippen molar-refractivity contribution in [3.05, 3.63) is 35.5 Å². The molecule has 0 aliphatic rings. The summed E-state index contributed by atoms with van der Waals surface area (Å²) in [5.74, 6) is 0. The number of rotatable bonds is 3. The van der Waals surface area contributed by atoms with Crippen LogP contribution in [0.2, 0.25) is 0 Å². The molecule has 0 amide bonds. The van der Waals surface area contributed by atoms with Crippen molar-refractivity contribution in [2.75, 3.05) is 7.11 Å². The Hall–Kier alpha value is -1.89. The second kappa shape index (κ2) is 5.00. The average Bonchev–Trinajstić information content (AvgIpc) is 2.81. The molecule has 0 N–H and O–H groups in total. The van der Waals surface area contributed by atoms with Gasteiger partial charge in [0, 0.05) is 5.56 Å². The molecule has 0 unspecified atom stereocenters. The number of benzene rings is 1. The van der Waals surface area contributed by atoms with Crippen molar-refractivity contribution in [2.45, 2.75) is 6.18 Å². The number of carbonyl (C=O) groups is 1. The number of methoxy groups -OCH3 is 1. The lowest BCUT2D eigenvalue weighted by Gasteiger charge is -2.07. The Morgan fingerprint density at radius 3 is 2.63 bits per heavy atom. The van der Waals surface area contributed by atoms with Crippen LogP contribution in [0.15, 0.2) is 24.3 Å². The van der Waals surface area contributed by atoms with Crippen molar-refractivity contribution < 1.29 is 22.7 Å². The number of hydrogen-bond donors (Lipinski definition) is 0. The second-order valence-electron chi connectivity index (χ2n) is 3.59. The molecule has 0 atom stereocenters. The average molecular weight is 287 g/mol. The fourth-order valence-corrected chi connectivity index (χ4v) is 2.34. The Balaban J connectivity index is 2.47. The number of alkyl halides is 3. The summed E-state index contributed by atoms with van der Waals surface area (Å²) in [4.78, 5) is 14.7. The molecule has 3 nitrogen and oxygen atoms in total. The van der Waals surface area contributed by atoms with Gasteiger partial charge in [-0.2, -0.15) is 13.2 Å². The third kappa shape index (κ3) is 2.76. The minimum Gasteiger partial charge on any atom is -0.486 e. The number of aldehydes is 1. The molecule has 0 aliphatic carbocycles. The first-order chi connectivity index (χ1) is 8.95. The summed E-state index contributed by atoms with van der Waals surface area (Å²) < 4.78 is 42.7. The second-order valence-corrected chi connectivity index (χ2v) is 4.55. The van der Waals surface area contributed by atoms with E-state index in [9.17, 15) is 18.0 Å².